The summed E-state index contributed by atoms with van der Waals surface area (Å²) in [5.74, 6) is 0.333. The number of hydrogen-bond acceptors (Lipinski definition) is 7. The van der Waals surface area contributed by atoms with Crippen molar-refractivity contribution in [1.29, 1.82) is 0 Å². The summed E-state index contributed by atoms with van der Waals surface area (Å²) < 4.78 is 0. The maximum atomic E-state index is 9.99. The standard InChI is InChI=1S/C17H17N5OS/c23-15-7-2-1-6-14(15)21-9-11-22(12-10-21)17-20-19-16(24-17)13-5-3-4-8-18-13/h1-8,23H,9-12H2. The fourth-order valence-electron chi connectivity index (χ4n) is 2.81. The SMILES string of the molecule is Oc1ccccc1N1CCN(c2nnc(-c3ccccn3)s2)CC1. The van der Waals surface area contributed by atoms with Crippen molar-refractivity contribution in [2.24, 2.45) is 0 Å². The lowest BCUT2D eigenvalue weighted by molar-refractivity contribution is 0.472. The van der Waals surface area contributed by atoms with Crippen LogP contribution in [0.15, 0.2) is 48.7 Å². The van der Waals surface area contributed by atoms with Crippen LogP contribution in [0.25, 0.3) is 10.7 Å². The maximum Gasteiger partial charge on any atom is 0.208 e. The second-order valence-electron chi connectivity index (χ2n) is 5.57. The zero-order chi connectivity index (χ0) is 16.4. The number of pyridine rings is 1. The molecule has 0 aliphatic carbocycles. The van der Waals surface area contributed by atoms with Crippen LogP contribution in [0.5, 0.6) is 5.75 Å². The molecule has 3 heterocycles. The van der Waals surface area contributed by atoms with Crippen LogP contribution >= 0.6 is 11.3 Å². The Morgan fingerprint density at radius 2 is 1.62 bits per heavy atom. The molecule has 0 bridgehead atoms. The van der Waals surface area contributed by atoms with Crippen molar-refractivity contribution < 1.29 is 5.11 Å². The van der Waals surface area contributed by atoms with Gasteiger partial charge in [0, 0.05) is 32.4 Å². The highest BCUT2D eigenvalue weighted by molar-refractivity contribution is 7.18. The molecule has 1 N–H and O–H groups in total. The molecule has 4 rings (SSSR count). The first kappa shape index (κ1) is 14.9. The largest absolute Gasteiger partial charge is 0.506 e. The smallest absolute Gasteiger partial charge is 0.208 e. The van der Waals surface area contributed by atoms with Crippen molar-refractivity contribution in [3.8, 4) is 16.5 Å². The number of aromatic nitrogens is 3. The Labute approximate surface area is 144 Å². The Morgan fingerprint density at radius 1 is 0.875 bits per heavy atom. The molecular formula is C17H17N5OS. The monoisotopic (exact) mass is 339 g/mol. The van der Waals surface area contributed by atoms with E-state index in [9.17, 15) is 5.11 Å². The molecule has 0 saturated carbocycles. The topological polar surface area (TPSA) is 65.4 Å². The van der Waals surface area contributed by atoms with E-state index in [2.05, 4.69) is 25.0 Å². The maximum absolute atomic E-state index is 9.99. The van der Waals surface area contributed by atoms with Crippen LogP contribution in [0.1, 0.15) is 0 Å². The lowest BCUT2D eigenvalue weighted by Crippen LogP contribution is -2.46. The summed E-state index contributed by atoms with van der Waals surface area (Å²) in [7, 11) is 0. The summed E-state index contributed by atoms with van der Waals surface area (Å²) >= 11 is 1.57. The van der Waals surface area contributed by atoms with E-state index in [0.29, 0.717) is 5.75 Å². The average molecular weight is 339 g/mol. The van der Waals surface area contributed by atoms with Gasteiger partial charge in [0.25, 0.3) is 0 Å². The summed E-state index contributed by atoms with van der Waals surface area (Å²) in [4.78, 5) is 8.76. The lowest BCUT2D eigenvalue weighted by atomic mass is 10.2. The van der Waals surface area contributed by atoms with E-state index in [0.717, 1.165) is 47.7 Å². The molecule has 2 aromatic heterocycles. The van der Waals surface area contributed by atoms with Gasteiger partial charge in [-0.25, -0.2) is 0 Å². The molecule has 0 atom stereocenters. The number of aromatic hydroxyl groups is 1. The second-order valence-corrected chi connectivity index (χ2v) is 6.52. The molecule has 6 nitrogen and oxygen atoms in total. The Morgan fingerprint density at radius 3 is 2.38 bits per heavy atom. The third-order valence-corrected chi connectivity index (χ3v) is 5.08. The van der Waals surface area contributed by atoms with E-state index in [-0.39, 0.29) is 0 Å². The van der Waals surface area contributed by atoms with Crippen molar-refractivity contribution in [3.05, 3.63) is 48.7 Å². The number of para-hydroxylation sites is 2. The molecule has 3 aromatic rings. The van der Waals surface area contributed by atoms with Crippen LogP contribution < -0.4 is 9.80 Å². The van der Waals surface area contributed by atoms with Crippen molar-refractivity contribution >= 4 is 22.2 Å². The zero-order valence-electron chi connectivity index (χ0n) is 13.0. The van der Waals surface area contributed by atoms with Crippen LogP contribution in [-0.4, -0.2) is 46.5 Å². The highest BCUT2D eigenvalue weighted by Gasteiger charge is 2.22. The van der Waals surface area contributed by atoms with Crippen LogP contribution in [0.4, 0.5) is 10.8 Å². The Balaban J connectivity index is 1.45. The molecule has 0 radical (unpaired) electrons. The first-order valence-corrected chi connectivity index (χ1v) is 8.66. The van der Waals surface area contributed by atoms with Gasteiger partial charge in [-0.2, -0.15) is 0 Å². The van der Waals surface area contributed by atoms with E-state index in [1.807, 2.05) is 36.4 Å². The third kappa shape index (κ3) is 2.90. The number of piperazine rings is 1. The van der Waals surface area contributed by atoms with E-state index in [1.54, 1.807) is 23.6 Å². The minimum absolute atomic E-state index is 0.333. The molecular weight excluding hydrogens is 322 g/mol. The molecule has 0 unspecified atom stereocenters. The number of hydrogen-bond donors (Lipinski definition) is 1. The quantitative estimate of drug-likeness (QED) is 0.791. The van der Waals surface area contributed by atoms with Gasteiger partial charge in [-0.05, 0) is 24.3 Å². The highest BCUT2D eigenvalue weighted by atomic mass is 32.1. The fourth-order valence-corrected chi connectivity index (χ4v) is 3.68. The summed E-state index contributed by atoms with van der Waals surface area (Å²) in [5, 5.41) is 20.3. The fraction of sp³-hybridized carbons (Fsp3) is 0.235. The number of phenolic OH excluding ortho intramolecular Hbond substituents is 1. The highest BCUT2D eigenvalue weighted by Crippen LogP contribution is 2.30. The number of nitrogens with zero attached hydrogens (tertiary/aromatic N) is 5. The lowest BCUT2D eigenvalue weighted by Gasteiger charge is -2.35. The predicted octanol–water partition coefficient (Wildman–Crippen LogP) is 2.63. The van der Waals surface area contributed by atoms with E-state index in [1.165, 1.54) is 0 Å². The van der Waals surface area contributed by atoms with Crippen molar-refractivity contribution in [2.75, 3.05) is 36.0 Å². The summed E-state index contributed by atoms with van der Waals surface area (Å²) in [6.45, 7) is 3.39. The third-order valence-electron chi connectivity index (χ3n) is 4.07. The molecule has 1 fully saturated rings. The van der Waals surface area contributed by atoms with Gasteiger partial charge in [0.2, 0.25) is 5.13 Å². The van der Waals surface area contributed by atoms with Gasteiger partial charge in [0.15, 0.2) is 5.01 Å². The second kappa shape index (κ2) is 6.45. The molecule has 1 aliphatic heterocycles. The van der Waals surface area contributed by atoms with Gasteiger partial charge in [-0.3, -0.25) is 4.98 Å². The molecule has 1 aromatic carbocycles. The van der Waals surface area contributed by atoms with Gasteiger partial charge in [-0.1, -0.05) is 29.5 Å². The van der Waals surface area contributed by atoms with Gasteiger partial charge in [0.05, 0.1) is 5.69 Å². The Kier molecular flexibility index (Phi) is 4.00. The number of phenols is 1. The average Bonchev–Trinajstić information content (AvgIpc) is 3.13. The molecule has 0 spiro atoms. The number of benzene rings is 1. The van der Waals surface area contributed by atoms with Crippen LogP contribution in [0.2, 0.25) is 0 Å². The van der Waals surface area contributed by atoms with E-state index in [4.69, 9.17) is 0 Å². The summed E-state index contributed by atoms with van der Waals surface area (Å²) in [6.07, 6.45) is 1.77. The minimum Gasteiger partial charge on any atom is -0.506 e. The Hall–Kier alpha value is -2.67. The summed E-state index contributed by atoms with van der Waals surface area (Å²) in [5.41, 5.74) is 1.75. The predicted molar refractivity (Wildman–Crippen MR) is 95.7 cm³/mol. The number of rotatable bonds is 3. The minimum atomic E-state index is 0.333. The zero-order valence-corrected chi connectivity index (χ0v) is 13.9. The summed E-state index contributed by atoms with van der Waals surface area (Å²) in [6, 6.07) is 13.3. The van der Waals surface area contributed by atoms with Gasteiger partial charge in [0.1, 0.15) is 11.4 Å². The number of anilines is 2. The molecule has 1 saturated heterocycles. The van der Waals surface area contributed by atoms with Crippen molar-refractivity contribution in [3.63, 3.8) is 0 Å². The van der Waals surface area contributed by atoms with Gasteiger partial charge in [-0.15, -0.1) is 10.2 Å². The van der Waals surface area contributed by atoms with Gasteiger partial charge >= 0.3 is 0 Å². The van der Waals surface area contributed by atoms with Gasteiger partial charge < -0.3 is 14.9 Å². The normalized spacial score (nSPS) is 14.8. The molecule has 0 amide bonds. The van der Waals surface area contributed by atoms with Crippen LogP contribution in [-0.2, 0) is 0 Å². The first-order valence-electron chi connectivity index (χ1n) is 7.84. The van der Waals surface area contributed by atoms with Crippen molar-refractivity contribution in [1.82, 2.24) is 15.2 Å². The van der Waals surface area contributed by atoms with E-state index < -0.39 is 0 Å². The molecule has 1 aliphatic rings. The van der Waals surface area contributed by atoms with Crippen molar-refractivity contribution in [2.45, 2.75) is 0 Å². The van der Waals surface area contributed by atoms with Crippen LogP contribution in [0, 0.1) is 0 Å². The molecule has 24 heavy (non-hydrogen) atoms. The molecule has 7 heteroatoms. The Bertz CT molecular complexity index is 815. The first-order chi connectivity index (χ1) is 11.8. The van der Waals surface area contributed by atoms with Crippen LogP contribution in [0.3, 0.4) is 0 Å². The molecule has 122 valence electrons. The van der Waals surface area contributed by atoms with E-state index >= 15 is 0 Å².